The molecule has 1 aliphatic rings. The van der Waals surface area contributed by atoms with Crippen LogP contribution in [0.15, 0.2) is 11.6 Å². The van der Waals surface area contributed by atoms with Gasteiger partial charge in [-0.1, -0.05) is 32.4 Å². The number of rotatable bonds is 2. The Bertz CT molecular complexity index is 165. The van der Waals surface area contributed by atoms with Crippen LogP contribution < -0.4 is 0 Å². The Morgan fingerprint density at radius 3 is 2.67 bits per heavy atom. The molecule has 0 fully saturated rings. The van der Waals surface area contributed by atoms with Crippen molar-refractivity contribution >= 4 is 0 Å². The van der Waals surface area contributed by atoms with Crippen LogP contribution in [0, 0.1) is 17.8 Å². The van der Waals surface area contributed by atoms with Gasteiger partial charge in [0.2, 0.25) is 0 Å². The first kappa shape index (κ1) is 9.83. The van der Waals surface area contributed by atoms with Gasteiger partial charge in [-0.25, -0.2) is 0 Å². The van der Waals surface area contributed by atoms with Crippen LogP contribution in [0.4, 0.5) is 0 Å². The fraction of sp³-hybridized carbons (Fsp3) is 0.833. The first-order valence-electron chi connectivity index (χ1n) is 5.25. The van der Waals surface area contributed by atoms with E-state index >= 15 is 0 Å². The molecule has 0 N–H and O–H groups in total. The fourth-order valence-corrected chi connectivity index (χ4v) is 2.28. The van der Waals surface area contributed by atoms with Crippen molar-refractivity contribution < 1.29 is 0 Å². The number of allylic oxidation sites excluding steroid dienone is 2. The first-order valence-corrected chi connectivity index (χ1v) is 5.25. The van der Waals surface area contributed by atoms with E-state index in [1.165, 1.54) is 19.3 Å². The number of hydrogen-bond donors (Lipinski definition) is 0. The monoisotopic (exact) mass is 166 g/mol. The van der Waals surface area contributed by atoms with Crippen molar-refractivity contribution in [1.82, 2.24) is 0 Å². The molecule has 0 saturated heterocycles. The maximum absolute atomic E-state index is 2.44. The van der Waals surface area contributed by atoms with Crippen molar-refractivity contribution in [3.8, 4) is 0 Å². The molecule has 0 aromatic rings. The molecule has 1 aliphatic carbocycles. The Kier molecular flexibility index (Phi) is 3.37. The van der Waals surface area contributed by atoms with Crippen molar-refractivity contribution in [2.24, 2.45) is 17.8 Å². The van der Waals surface area contributed by atoms with Crippen LogP contribution in [-0.4, -0.2) is 0 Å². The molecule has 0 radical (unpaired) electrons. The van der Waals surface area contributed by atoms with Gasteiger partial charge in [0.15, 0.2) is 0 Å². The van der Waals surface area contributed by atoms with Gasteiger partial charge in [-0.2, -0.15) is 0 Å². The minimum absolute atomic E-state index is 0.865. The molecule has 2 unspecified atom stereocenters. The number of hydrogen-bond acceptors (Lipinski definition) is 0. The third-order valence-corrected chi connectivity index (χ3v) is 2.99. The van der Waals surface area contributed by atoms with Gasteiger partial charge < -0.3 is 0 Å². The van der Waals surface area contributed by atoms with E-state index in [2.05, 4.69) is 33.8 Å². The van der Waals surface area contributed by atoms with E-state index in [0.29, 0.717) is 0 Å². The summed E-state index contributed by atoms with van der Waals surface area (Å²) in [5.41, 5.74) is 1.60. The minimum Gasteiger partial charge on any atom is -0.0853 e. The summed E-state index contributed by atoms with van der Waals surface area (Å²) in [5, 5.41) is 0. The molecule has 0 heterocycles. The van der Waals surface area contributed by atoms with E-state index in [4.69, 9.17) is 0 Å². The van der Waals surface area contributed by atoms with E-state index in [-0.39, 0.29) is 0 Å². The van der Waals surface area contributed by atoms with Crippen molar-refractivity contribution in [3.63, 3.8) is 0 Å². The van der Waals surface area contributed by atoms with Crippen LogP contribution in [0.25, 0.3) is 0 Å². The molecule has 70 valence electrons. The highest BCUT2D eigenvalue weighted by Gasteiger charge is 2.20. The van der Waals surface area contributed by atoms with Crippen LogP contribution in [0.2, 0.25) is 0 Å². The van der Waals surface area contributed by atoms with Gasteiger partial charge in [0.1, 0.15) is 0 Å². The molecule has 0 aliphatic heterocycles. The summed E-state index contributed by atoms with van der Waals surface area (Å²) in [6.45, 7) is 9.33. The lowest BCUT2D eigenvalue weighted by Crippen LogP contribution is -2.17. The Balaban J connectivity index is 2.46. The van der Waals surface area contributed by atoms with E-state index in [1.807, 2.05) is 0 Å². The van der Waals surface area contributed by atoms with Gasteiger partial charge in [-0.05, 0) is 43.9 Å². The normalized spacial score (nSPS) is 30.6. The predicted molar refractivity (Wildman–Crippen MR) is 55.1 cm³/mol. The smallest absolute Gasteiger partial charge is 0.0294 e. The summed E-state index contributed by atoms with van der Waals surface area (Å²) in [5.74, 6) is 2.73. The molecule has 0 heteroatoms. The lowest BCUT2D eigenvalue weighted by molar-refractivity contribution is 0.286. The molecule has 0 saturated carbocycles. The molecule has 0 nitrogen and oxygen atoms in total. The van der Waals surface area contributed by atoms with Crippen LogP contribution >= 0.6 is 0 Å². The van der Waals surface area contributed by atoms with Crippen LogP contribution in [0.5, 0.6) is 0 Å². The highest BCUT2D eigenvalue weighted by atomic mass is 14.3. The zero-order valence-corrected chi connectivity index (χ0v) is 8.93. The van der Waals surface area contributed by atoms with E-state index in [1.54, 1.807) is 5.57 Å². The Hall–Kier alpha value is -0.260. The zero-order valence-electron chi connectivity index (χ0n) is 8.93. The maximum atomic E-state index is 2.44. The average molecular weight is 166 g/mol. The molecule has 0 amide bonds. The van der Waals surface area contributed by atoms with Crippen molar-refractivity contribution in [2.45, 2.75) is 47.0 Å². The fourth-order valence-electron chi connectivity index (χ4n) is 2.28. The average Bonchev–Trinajstić information content (AvgIpc) is 1.94. The van der Waals surface area contributed by atoms with Gasteiger partial charge in [0.05, 0.1) is 0 Å². The zero-order chi connectivity index (χ0) is 9.14. The van der Waals surface area contributed by atoms with Crippen LogP contribution in [0.1, 0.15) is 47.0 Å². The van der Waals surface area contributed by atoms with Crippen molar-refractivity contribution in [1.29, 1.82) is 0 Å². The minimum atomic E-state index is 0.865. The van der Waals surface area contributed by atoms with Gasteiger partial charge in [-0.15, -0.1) is 0 Å². The molecule has 1 rings (SSSR count). The Morgan fingerprint density at radius 1 is 1.50 bits per heavy atom. The third kappa shape index (κ3) is 2.66. The van der Waals surface area contributed by atoms with E-state index in [0.717, 1.165) is 17.8 Å². The second-order valence-electron chi connectivity index (χ2n) is 4.86. The standard InChI is InChI=1S/C12H22/c1-9(2)7-12-6-5-10(3)8-11(12)4/h5,9,11-12H,6-8H2,1-4H3. The molecule has 2 atom stereocenters. The lowest BCUT2D eigenvalue weighted by atomic mass is 9.77. The highest BCUT2D eigenvalue weighted by Crippen LogP contribution is 2.33. The summed E-state index contributed by atoms with van der Waals surface area (Å²) >= 11 is 0. The Labute approximate surface area is 77.1 Å². The summed E-state index contributed by atoms with van der Waals surface area (Å²) < 4.78 is 0. The molecule has 0 aromatic carbocycles. The topological polar surface area (TPSA) is 0 Å². The first-order chi connectivity index (χ1) is 5.59. The highest BCUT2D eigenvalue weighted by molar-refractivity contribution is 5.04. The molecule has 0 bridgehead atoms. The maximum Gasteiger partial charge on any atom is -0.0294 e. The quantitative estimate of drug-likeness (QED) is 0.543. The second-order valence-corrected chi connectivity index (χ2v) is 4.86. The predicted octanol–water partition coefficient (Wildman–Crippen LogP) is 4.02. The third-order valence-electron chi connectivity index (χ3n) is 2.99. The summed E-state index contributed by atoms with van der Waals surface area (Å²) in [6.07, 6.45) is 6.50. The lowest BCUT2D eigenvalue weighted by Gasteiger charge is -2.28. The molecule has 0 aromatic heterocycles. The summed E-state index contributed by atoms with van der Waals surface area (Å²) in [4.78, 5) is 0. The molecular formula is C12H22. The van der Waals surface area contributed by atoms with Gasteiger partial charge >= 0.3 is 0 Å². The second kappa shape index (κ2) is 4.11. The van der Waals surface area contributed by atoms with Crippen LogP contribution in [0.3, 0.4) is 0 Å². The van der Waals surface area contributed by atoms with E-state index < -0.39 is 0 Å². The van der Waals surface area contributed by atoms with Gasteiger partial charge in [-0.3, -0.25) is 0 Å². The summed E-state index contributed by atoms with van der Waals surface area (Å²) in [7, 11) is 0. The molecule has 0 spiro atoms. The molecular weight excluding hydrogens is 144 g/mol. The SMILES string of the molecule is CC1=CCC(CC(C)C)C(C)C1. The van der Waals surface area contributed by atoms with Crippen LogP contribution in [-0.2, 0) is 0 Å². The Morgan fingerprint density at radius 2 is 2.17 bits per heavy atom. The van der Waals surface area contributed by atoms with Crippen molar-refractivity contribution in [3.05, 3.63) is 11.6 Å². The van der Waals surface area contributed by atoms with Gasteiger partial charge in [0.25, 0.3) is 0 Å². The summed E-state index contributed by atoms with van der Waals surface area (Å²) in [6, 6.07) is 0. The largest absolute Gasteiger partial charge is 0.0853 e. The van der Waals surface area contributed by atoms with Gasteiger partial charge in [0, 0.05) is 0 Å². The van der Waals surface area contributed by atoms with Crippen molar-refractivity contribution in [2.75, 3.05) is 0 Å². The molecule has 12 heavy (non-hydrogen) atoms. The van der Waals surface area contributed by atoms with E-state index in [9.17, 15) is 0 Å².